The van der Waals surface area contributed by atoms with E-state index in [1.165, 1.54) is 19.1 Å². The fourth-order valence-electron chi connectivity index (χ4n) is 1.28. The van der Waals surface area contributed by atoms with Crippen LogP contribution in [0.5, 0.6) is 0 Å². The van der Waals surface area contributed by atoms with Gasteiger partial charge in [-0.25, -0.2) is 0 Å². The number of hydrogen-bond donors (Lipinski definition) is 3. The van der Waals surface area contributed by atoms with E-state index in [9.17, 15) is 4.79 Å². The van der Waals surface area contributed by atoms with Crippen LogP contribution in [-0.2, 0) is 4.79 Å². The van der Waals surface area contributed by atoms with Crippen LogP contribution in [0.3, 0.4) is 0 Å². The van der Waals surface area contributed by atoms with Crippen molar-refractivity contribution in [3.05, 3.63) is 39.9 Å². The van der Waals surface area contributed by atoms with Crippen LogP contribution in [0, 0.1) is 0 Å². The zero-order chi connectivity index (χ0) is 14.5. The highest BCUT2D eigenvalue weighted by atomic mass is 35.5. The molecular formula is C13H15Cl2NO3. The summed E-state index contributed by atoms with van der Waals surface area (Å²) in [6.07, 6.45) is 2.78. The van der Waals surface area contributed by atoms with Crippen molar-refractivity contribution in [3.8, 4) is 0 Å². The van der Waals surface area contributed by atoms with Gasteiger partial charge in [-0.15, -0.1) is 0 Å². The van der Waals surface area contributed by atoms with Crippen molar-refractivity contribution in [2.45, 2.75) is 12.5 Å². The summed E-state index contributed by atoms with van der Waals surface area (Å²) < 4.78 is 0. The van der Waals surface area contributed by atoms with Crippen molar-refractivity contribution in [1.29, 1.82) is 0 Å². The monoisotopic (exact) mass is 303 g/mol. The van der Waals surface area contributed by atoms with Gasteiger partial charge in [0.1, 0.15) is 0 Å². The lowest BCUT2D eigenvalue weighted by molar-refractivity contribution is -0.119. The zero-order valence-corrected chi connectivity index (χ0v) is 11.9. The molecule has 0 aliphatic rings. The van der Waals surface area contributed by atoms with E-state index in [0.29, 0.717) is 15.6 Å². The second-order valence-electron chi connectivity index (χ2n) is 4.37. The molecule has 1 aromatic rings. The van der Waals surface area contributed by atoms with Gasteiger partial charge in [-0.1, -0.05) is 23.2 Å². The van der Waals surface area contributed by atoms with Crippen molar-refractivity contribution < 1.29 is 15.0 Å². The number of rotatable bonds is 5. The summed E-state index contributed by atoms with van der Waals surface area (Å²) in [5.41, 5.74) is -0.446. The molecule has 1 rings (SSSR count). The van der Waals surface area contributed by atoms with E-state index in [1.54, 1.807) is 18.2 Å². The minimum Gasteiger partial charge on any atom is -0.394 e. The van der Waals surface area contributed by atoms with Crippen LogP contribution >= 0.6 is 23.2 Å². The summed E-state index contributed by atoms with van der Waals surface area (Å²) in [5, 5.41) is 21.6. The third-order valence-corrected chi connectivity index (χ3v) is 3.07. The van der Waals surface area contributed by atoms with Crippen LogP contribution in [0.1, 0.15) is 12.5 Å². The summed E-state index contributed by atoms with van der Waals surface area (Å²) in [4.78, 5) is 11.6. The van der Waals surface area contributed by atoms with Gasteiger partial charge in [0.15, 0.2) is 0 Å². The Morgan fingerprint density at radius 1 is 1.37 bits per heavy atom. The fourth-order valence-corrected chi connectivity index (χ4v) is 1.64. The van der Waals surface area contributed by atoms with Crippen LogP contribution in [0.2, 0.25) is 10.0 Å². The van der Waals surface area contributed by atoms with E-state index >= 15 is 0 Å². The highest BCUT2D eigenvalue weighted by molar-refractivity contribution is 6.34. The van der Waals surface area contributed by atoms with Gasteiger partial charge in [-0.2, -0.15) is 0 Å². The van der Waals surface area contributed by atoms with Crippen LogP contribution in [0.15, 0.2) is 24.3 Å². The Bertz CT molecular complexity index is 485. The van der Waals surface area contributed by atoms with Crippen LogP contribution in [-0.4, -0.2) is 34.9 Å². The summed E-state index contributed by atoms with van der Waals surface area (Å²) in [5.74, 6) is -0.443. The van der Waals surface area contributed by atoms with Crippen LogP contribution in [0.25, 0.3) is 6.08 Å². The molecule has 0 fully saturated rings. The molecule has 0 saturated heterocycles. The lowest BCUT2D eigenvalue weighted by Crippen LogP contribution is -2.51. The fraction of sp³-hybridized carbons (Fsp3) is 0.308. The molecule has 1 aromatic carbocycles. The molecule has 1 amide bonds. The quantitative estimate of drug-likeness (QED) is 0.727. The molecule has 104 valence electrons. The minimum atomic E-state index is -1.06. The normalized spacial score (nSPS) is 11.8. The third-order valence-electron chi connectivity index (χ3n) is 2.50. The number of aliphatic hydroxyl groups excluding tert-OH is 2. The molecule has 0 saturated carbocycles. The van der Waals surface area contributed by atoms with E-state index in [2.05, 4.69) is 5.32 Å². The van der Waals surface area contributed by atoms with Gasteiger partial charge in [-0.05, 0) is 36.8 Å². The average Bonchev–Trinajstić information content (AvgIpc) is 2.39. The first-order valence-corrected chi connectivity index (χ1v) is 6.33. The lowest BCUT2D eigenvalue weighted by Gasteiger charge is -2.25. The maximum Gasteiger partial charge on any atom is 0.244 e. The minimum absolute atomic E-state index is 0.360. The van der Waals surface area contributed by atoms with Crippen molar-refractivity contribution in [1.82, 2.24) is 5.32 Å². The molecular weight excluding hydrogens is 289 g/mol. The van der Waals surface area contributed by atoms with Gasteiger partial charge < -0.3 is 15.5 Å². The maximum atomic E-state index is 11.6. The Balaban J connectivity index is 2.76. The summed E-state index contributed by atoms with van der Waals surface area (Å²) >= 11 is 11.8. The molecule has 3 N–H and O–H groups in total. The first-order valence-electron chi connectivity index (χ1n) is 5.57. The summed E-state index contributed by atoms with van der Waals surface area (Å²) in [6.45, 7) is 0.813. The van der Waals surface area contributed by atoms with Crippen molar-refractivity contribution >= 4 is 35.2 Å². The Hall–Kier alpha value is -1.07. The Morgan fingerprint density at radius 3 is 2.58 bits per heavy atom. The predicted molar refractivity (Wildman–Crippen MR) is 76.2 cm³/mol. The second kappa shape index (κ2) is 6.91. The number of carbonyl (C=O) groups excluding carboxylic acids is 1. The van der Waals surface area contributed by atoms with E-state index in [4.69, 9.17) is 33.4 Å². The number of benzene rings is 1. The molecule has 0 heterocycles. The molecule has 0 aliphatic carbocycles. The van der Waals surface area contributed by atoms with Crippen molar-refractivity contribution in [2.24, 2.45) is 0 Å². The molecule has 0 atom stereocenters. The summed E-state index contributed by atoms with van der Waals surface area (Å²) in [7, 11) is 0. The number of hydrogen-bond acceptors (Lipinski definition) is 3. The van der Waals surface area contributed by atoms with Crippen molar-refractivity contribution in [3.63, 3.8) is 0 Å². The molecule has 19 heavy (non-hydrogen) atoms. The third kappa shape index (κ3) is 4.84. The van der Waals surface area contributed by atoms with E-state index in [-0.39, 0.29) is 13.2 Å². The van der Waals surface area contributed by atoms with Gasteiger partial charge in [0, 0.05) is 16.1 Å². The van der Waals surface area contributed by atoms with Gasteiger partial charge >= 0.3 is 0 Å². The first kappa shape index (κ1) is 16.0. The number of nitrogens with one attached hydrogen (secondary N) is 1. The lowest BCUT2D eigenvalue weighted by atomic mass is 10.1. The summed E-state index contributed by atoms with van der Waals surface area (Å²) in [6, 6.07) is 4.91. The molecule has 0 radical (unpaired) electrons. The smallest absolute Gasteiger partial charge is 0.244 e. The largest absolute Gasteiger partial charge is 0.394 e. The first-order chi connectivity index (χ1) is 8.90. The molecule has 4 nitrogen and oxygen atoms in total. The standard InChI is InChI=1S/C13H15Cl2NO3/c1-13(7-17,8-18)16-12(19)5-2-9-6-10(14)3-4-11(9)15/h2-6,17-18H,7-8H2,1H3,(H,16,19)/b5-2+. The van der Waals surface area contributed by atoms with E-state index < -0.39 is 11.4 Å². The van der Waals surface area contributed by atoms with Gasteiger partial charge in [0.05, 0.1) is 18.8 Å². The van der Waals surface area contributed by atoms with Gasteiger partial charge in [-0.3, -0.25) is 4.79 Å². The maximum absolute atomic E-state index is 11.6. The molecule has 0 aromatic heterocycles. The predicted octanol–water partition coefficient (Wildman–Crippen LogP) is 1.87. The Morgan fingerprint density at radius 2 is 2.00 bits per heavy atom. The van der Waals surface area contributed by atoms with Crippen LogP contribution in [0.4, 0.5) is 0 Å². The Labute approximate surface area is 121 Å². The van der Waals surface area contributed by atoms with Gasteiger partial charge in [0.25, 0.3) is 0 Å². The van der Waals surface area contributed by atoms with Crippen LogP contribution < -0.4 is 5.32 Å². The van der Waals surface area contributed by atoms with E-state index in [1.807, 2.05) is 0 Å². The molecule has 0 unspecified atom stereocenters. The number of carbonyl (C=O) groups is 1. The average molecular weight is 304 g/mol. The zero-order valence-electron chi connectivity index (χ0n) is 10.4. The van der Waals surface area contributed by atoms with Gasteiger partial charge in [0.2, 0.25) is 5.91 Å². The van der Waals surface area contributed by atoms with Crippen molar-refractivity contribution in [2.75, 3.05) is 13.2 Å². The molecule has 0 aliphatic heterocycles. The number of halogens is 2. The molecule has 0 spiro atoms. The topological polar surface area (TPSA) is 69.6 Å². The number of amides is 1. The molecule has 6 heteroatoms. The van der Waals surface area contributed by atoms with E-state index in [0.717, 1.165) is 0 Å². The highest BCUT2D eigenvalue weighted by Gasteiger charge is 2.23. The molecule has 0 bridgehead atoms. The second-order valence-corrected chi connectivity index (χ2v) is 5.21. The highest BCUT2D eigenvalue weighted by Crippen LogP contribution is 2.21. The Kier molecular flexibility index (Phi) is 5.82. The number of aliphatic hydroxyl groups is 2. The SMILES string of the molecule is CC(CO)(CO)NC(=O)/C=C/c1cc(Cl)ccc1Cl.